The quantitative estimate of drug-likeness (QED) is 0.569. The number of likely N-dealkylation sites (tertiary alicyclic amines) is 1. The number of rotatable bonds is 8. The van der Waals surface area contributed by atoms with Gasteiger partial charge < -0.3 is 21.3 Å². The highest BCUT2D eigenvalue weighted by molar-refractivity contribution is 5.96. The van der Waals surface area contributed by atoms with Gasteiger partial charge in [-0.25, -0.2) is 9.97 Å². The molecule has 1 aromatic carbocycles. The second kappa shape index (κ2) is 11.2. The molecule has 2 heterocycles. The van der Waals surface area contributed by atoms with Gasteiger partial charge in [-0.1, -0.05) is 30.3 Å². The maximum absolute atomic E-state index is 12.9. The molecule has 1 saturated heterocycles. The van der Waals surface area contributed by atoms with Crippen LogP contribution in [0, 0.1) is 5.92 Å². The summed E-state index contributed by atoms with van der Waals surface area (Å²) in [4.78, 5) is 36.0. The number of amides is 2. The van der Waals surface area contributed by atoms with Crippen LogP contribution >= 0.6 is 0 Å². The van der Waals surface area contributed by atoms with Gasteiger partial charge in [0.25, 0.3) is 5.91 Å². The highest BCUT2D eigenvalue weighted by Gasteiger charge is 2.33. The van der Waals surface area contributed by atoms with Crippen molar-refractivity contribution in [1.82, 2.24) is 20.2 Å². The zero-order chi connectivity index (χ0) is 23.0. The summed E-state index contributed by atoms with van der Waals surface area (Å²) in [5.74, 6) is 0.549. The van der Waals surface area contributed by atoms with Crippen LogP contribution in [0.4, 0.5) is 5.82 Å². The highest BCUT2D eigenvalue weighted by atomic mass is 16.2. The van der Waals surface area contributed by atoms with E-state index in [0.29, 0.717) is 18.1 Å². The molecular formula is C25H34N6O2. The predicted octanol–water partition coefficient (Wildman–Crippen LogP) is 2.37. The monoisotopic (exact) mass is 450 g/mol. The molecule has 1 saturated carbocycles. The summed E-state index contributed by atoms with van der Waals surface area (Å²) >= 11 is 0. The molecule has 1 aliphatic heterocycles. The summed E-state index contributed by atoms with van der Waals surface area (Å²) in [6.45, 7) is 2.33. The number of aromatic nitrogens is 2. The molecule has 0 bridgehead atoms. The molecular weight excluding hydrogens is 416 g/mol. The molecule has 2 fully saturated rings. The Kier molecular flexibility index (Phi) is 7.88. The van der Waals surface area contributed by atoms with Crippen molar-refractivity contribution in [3.63, 3.8) is 0 Å². The maximum Gasteiger partial charge on any atom is 0.273 e. The van der Waals surface area contributed by atoms with Gasteiger partial charge in [0.2, 0.25) is 5.91 Å². The normalized spacial score (nSPS) is 21.4. The molecule has 176 valence electrons. The van der Waals surface area contributed by atoms with E-state index >= 15 is 0 Å². The number of anilines is 1. The van der Waals surface area contributed by atoms with Crippen molar-refractivity contribution in [2.75, 3.05) is 25.0 Å². The largest absolute Gasteiger partial charge is 0.368 e. The Morgan fingerprint density at radius 3 is 2.45 bits per heavy atom. The molecule has 2 amide bonds. The minimum absolute atomic E-state index is 0.0574. The molecule has 0 spiro atoms. The predicted molar refractivity (Wildman–Crippen MR) is 128 cm³/mol. The Labute approximate surface area is 195 Å². The van der Waals surface area contributed by atoms with E-state index in [-0.39, 0.29) is 23.8 Å². The van der Waals surface area contributed by atoms with E-state index in [1.165, 1.54) is 11.8 Å². The van der Waals surface area contributed by atoms with Gasteiger partial charge in [0.1, 0.15) is 0 Å². The summed E-state index contributed by atoms with van der Waals surface area (Å²) in [5.41, 5.74) is 7.85. The average Bonchev–Trinajstić information content (AvgIpc) is 3.40. The Morgan fingerprint density at radius 1 is 1.03 bits per heavy atom. The van der Waals surface area contributed by atoms with Crippen LogP contribution in [-0.2, 0) is 11.2 Å². The fourth-order valence-electron chi connectivity index (χ4n) is 4.83. The van der Waals surface area contributed by atoms with Crippen molar-refractivity contribution in [2.24, 2.45) is 11.7 Å². The molecule has 2 aliphatic rings. The van der Waals surface area contributed by atoms with Crippen LogP contribution in [0.15, 0.2) is 42.7 Å². The molecule has 0 radical (unpaired) electrons. The summed E-state index contributed by atoms with van der Waals surface area (Å²) in [5, 5.41) is 6.36. The lowest BCUT2D eigenvalue weighted by molar-refractivity contribution is -0.133. The first-order valence-electron chi connectivity index (χ1n) is 12.1. The van der Waals surface area contributed by atoms with Gasteiger partial charge >= 0.3 is 0 Å². The zero-order valence-electron chi connectivity index (χ0n) is 19.1. The molecule has 8 heteroatoms. The first kappa shape index (κ1) is 23.2. The third-order valence-corrected chi connectivity index (χ3v) is 6.78. The van der Waals surface area contributed by atoms with Crippen molar-refractivity contribution in [3.05, 3.63) is 54.0 Å². The van der Waals surface area contributed by atoms with Crippen LogP contribution in [0.2, 0.25) is 0 Å². The smallest absolute Gasteiger partial charge is 0.273 e. The minimum Gasteiger partial charge on any atom is -0.368 e. The Hall–Kier alpha value is -3.00. The topological polar surface area (TPSA) is 113 Å². The number of carbonyl (C=O) groups is 2. The Balaban J connectivity index is 1.26. The Bertz CT molecular complexity index is 924. The zero-order valence-corrected chi connectivity index (χ0v) is 19.1. The van der Waals surface area contributed by atoms with E-state index in [0.717, 1.165) is 58.0 Å². The van der Waals surface area contributed by atoms with Crippen LogP contribution < -0.4 is 16.4 Å². The van der Waals surface area contributed by atoms with E-state index in [1.807, 2.05) is 23.1 Å². The van der Waals surface area contributed by atoms with Crippen LogP contribution in [0.5, 0.6) is 0 Å². The Morgan fingerprint density at radius 2 is 1.73 bits per heavy atom. The van der Waals surface area contributed by atoms with Gasteiger partial charge in [-0.2, -0.15) is 0 Å². The molecule has 1 aromatic heterocycles. The third kappa shape index (κ3) is 6.07. The van der Waals surface area contributed by atoms with Crippen LogP contribution in [-0.4, -0.2) is 58.4 Å². The average molecular weight is 451 g/mol. The van der Waals surface area contributed by atoms with Gasteiger partial charge in [-0.3, -0.25) is 9.59 Å². The van der Waals surface area contributed by atoms with Crippen molar-refractivity contribution in [2.45, 2.75) is 57.0 Å². The van der Waals surface area contributed by atoms with E-state index in [4.69, 9.17) is 5.73 Å². The number of nitrogens with zero attached hydrogens (tertiary/aromatic N) is 3. The second-order valence-electron chi connectivity index (χ2n) is 9.06. The van der Waals surface area contributed by atoms with Gasteiger partial charge in [0, 0.05) is 38.1 Å². The van der Waals surface area contributed by atoms with Crippen molar-refractivity contribution in [1.29, 1.82) is 0 Å². The van der Waals surface area contributed by atoms with Crippen molar-refractivity contribution >= 4 is 17.6 Å². The van der Waals surface area contributed by atoms with Gasteiger partial charge in [0.05, 0.1) is 6.04 Å². The van der Waals surface area contributed by atoms with E-state index in [2.05, 4.69) is 32.7 Å². The third-order valence-electron chi connectivity index (χ3n) is 6.78. The molecule has 4 N–H and O–H groups in total. The fraction of sp³-hybridized carbons (Fsp3) is 0.520. The maximum atomic E-state index is 12.9. The lowest BCUT2D eigenvalue weighted by atomic mass is 9.81. The van der Waals surface area contributed by atoms with E-state index in [9.17, 15) is 9.59 Å². The SMILES string of the molecule is N[C@H](C(=O)N1CCCC1)C1CCC(NC(=O)c2nccnc2NCCc2ccccc2)CC1. The van der Waals surface area contributed by atoms with E-state index in [1.54, 1.807) is 6.20 Å². The summed E-state index contributed by atoms with van der Waals surface area (Å²) in [7, 11) is 0. The molecule has 0 unspecified atom stereocenters. The standard InChI is InChI=1S/C25H34N6O2/c26-21(25(33)31-16-4-5-17-31)19-8-10-20(11-9-19)30-24(32)22-23(29-15-14-27-22)28-13-12-18-6-2-1-3-7-18/h1-3,6-7,14-15,19-21H,4-5,8-13,16-17,26H2,(H,28,29)(H,30,32)/t19?,20?,21-/m0/s1. The van der Waals surface area contributed by atoms with E-state index < -0.39 is 6.04 Å². The first-order valence-corrected chi connectivity index (χ1v) is 12.1. The summed E-state index contributed by atoms with van der Waals surface area (Å²) in [6, 6.07) is 9.80. The number of nitrogens with one attached hydrogen (secondary N) is 2. The first-order chi connectivity index (χ1) is 16.1. The summed E-state index contributed by atoms with van der Waals surface area (Å²) in [6.07, 6.45) is 9.42. The highest BCUT2D eigenvalue weighted by Crippen LogP contribution is 2.28. The molecule has 33 heavy (non-hydrogen) atoms. The molecule has 2 aromatic rings. The molecule has 1 atom stereocenters. The minimum atomic E-state index is -0.430. The number of carbonyl (C=O) groups excluding carboxylic acids is 2. The van der Waals surface area contributed by atoms with Crippen molar-refractivity contribution < 1.29 is 9.59 Å². The van der Waals surface area contributed by atoms with Crippen LogP contribution in [0.25, 0.3) is 0 Å². The molecule has 1 aliphatic carbocycles. The number of hydrogen-bond donors (Lipinski definition) is 3. The number of hydrogen-bond acceptors (Lipinski definition) is 6. The number of benzene rings is 1. The number of nitrogens with two attached hydrogens (primary N) is 1. The fourth-order valence-corrected chi connectivity index (χ4v) is 4.83. The lowest BCUT2D eigenvalue weighted by Crippen LogP contribution is -2.49. The second-order valence-corrected chi connectivity index (χ2v) is 9.06. The van der Waals surface area contributed by atoms with Gasteiger partial charge in [-0.15, -0.1) is 0 Å². The molecule has 4 rings (SSSR count). The van der Waals surface area contributed by atoms with Crippen LogP contribution in [0.3, 0.4) is 0 Å². The van der Waals surface area contributed by atoms with Crippen molar-refractivity contribution in [3.8, 4) is 0 Å². The summed E-state index contributed by atoms with van der Waals surface area (Å²) < 4.78 is 0. The van der Waals surface area contributed by atoms with Crippen LogP contribution in [0.1, 0.15) is 54.6 Å². The molecule has 8 nitrogen and oxygen atoms in total. The van der Waals surface area contributed by atoms with Gasteiger partial charge in [0.15, 0.2) is 11.5 Å². The lowest BCUT2D eigenvalue weighted by Gasteiger charge is -2.33. The van der Waals surface area contributed by atoms with Gasteiger partial charge in [-0.05, 0) is 56.4 Å².